The van der Waals surface area contributed by atoms with Gasteiger partial charge in [0.1, 0.15) is 18.1 Å². The summed E-state index contributed by atoms with van der Waals surface area (Å²) in [7, 11) is 0. The third kappa shape index (κ3) is 7.93. The van der Waals surface area contributed by atoms with Crippen LogP contribution < -0.4 is 27.4 Å². The van der Waals surface area contributed by atoms with Crippen LogP contribution in [0.5, 0.6) is 0 Å². The predicted octanol–water partition coefficient (Wildman–Crippen LogP) is -0.697. The number of aryl methyl sites for hydroxylation is 1. The average Bonchev–Trinajstić information content (AvgIpc) is 3.11. The van der Waals surface area contributed by atoms with Crippen LogP contribution in [0.4, 0.5) is 5.82 Å². The highest BCUT2D eigenvalue weighted by Crippen LogP contribution is 2.27. The average molecular weight is 427 g/mol. The lowest BCUT2D eigenvalue weighted by atomic mass is 10.2. The first-order chi connectivity index (χ1) is 14.6. The Kier molecular flexibility index (Phi) is 11.3. The molecule has 0 aliphatic carbocycles. The van der Waals surface area contributed by atoms with E-state index in [4.69, 9.17) is 10.5 Å². The maximum Gasteiger partial charge on any atom is 0.351 e. The SMILES string of the molecule is Cc1cn([C@H]2C[C@H](O)[C@@H](CO)O2)c(=O)nc1NCCCNCCCCNCCCN. The molecule has 0 saturated carbocycles. The first-order valence-electron chi connectivity index (χ1n) is 11.0. The molecule has 0 unspecified atom stereocenters. The molecule has 10 heteroatoms. The zero-order valence-electron chi connectivity index (χ0n) is 18.0. The molecule has 2 rings (SSSR count). The van der Waals surface area contributed by atoms with Crippen molar-refractivity contribution < 1.29 is 14.9 Å². The Morgan fingerprint density at radius 3 is 2.47 bits per heavy atom. The van der Waals surface area contributed by atoms with Gasteiger partial charge >= 0.3 is 5.69 Å². The molecule has 1 aromatic heterocycles. The molecule has 0 spiro atoms. The summed E-state index contributed by atoms with van der Waals surface area (Å²) >= 11 is 0. The molecule has 1 aliphatic rings. The normalized spacial score (nSPS) is 21.3. The first kappa shape index (κ1) is 24.7. The van der Waals surface area contributed by atoms with E-state index in [1.807, 2.05) is 6.92 Å². The summed E-state index contributed by atoms with van der Waals surface area (Å²) in [4.78, 5) is 16.5. The molecule has 0 radical (unpaired) electrons. The molecule has 3 atom stereocenters. The fourth-order valence-electron chi connectivity index (χ4n) is 3.40. The minimum atomic E-state index is -0.787. The number of nitrogens with zero attached hydrogens (tertiary/aromatic N) is 2. The second-order valence-electron chi connectivity index (χ2n) is 7.71. The van der Waals surface area contributed by atoms with Crippen LogP contribution in [0.2, 0.25) is 0 Å². The monoisotopic (exact) mass is 426 g/mol. The van der Waals surface area contributed by atoms with Crippen LogP contribution in [0.3, 0.4) is 0 Å². The Labute approximate surface area is 178 Å². The van der Waals surface area contributed by atoms with Gasteiger partial charge in [0.25, 0.3) is 0 Å². The van der Waals surface area contributed by atoms with Crippen LogP contribution in [-0.2, 0) is 4.74 Å². The van der Waals surface area contributed by atoms with Crippen molar-refractivity contribution in [3.8, 4) is 0 Å². The van der Waals surface area contributed by atoms with E-state index in [0.717, 1.165) is 70.5 Å². The number of aromatic nitrogens is 2. The van der Waals surface area contributed by atoms with Gasteiger partial charge in [0, 0.05) is 24.7 Å². The number of nitrogens with two attached hydrogens (primary N) is 1. The van der Waals surface area contributed by atoms with Crippen LogP contribution in [0.25, 0.3) is 0 Å². The van der Waals surface area contributed by atoms with E-state index in [-0.39, 0.29) is 13.0 Å². The maximum atomic E-state index is 12.4. The van der Waals surface area contributed by atoms with Gasteiger partial charge in [-0.3, -0.25) is 4.57 Å². The van der Waals surface area contributed by atoms with Gasteiger partial charge in [0.15, 0.2) is 0 Å². The van der Waals surface area contributed by atoms with Crippen molar-refractivity contribution >= 4 is 5.82 Å². The third-order valence-electron chi connectivity index (χ3n) is 5.17. The Morgan fingerprint density at radius 2 is 1.83 bits per heavy atom. The van der Waals surface area contributed by atoms with Gasteiger partial charge < -0.3 is 36.6 Å². The fraction of sp³-hybridized carbons (Fsp3) is 0.800. The van der Waals surface area contributed by atoms with Crippen molar-refractivity contribution in [1.82, 2.24) is 20.2 Å². The summed E-state index contributed by atoms with van der Waals surface area (Å²) in [5, 5.41) is 29.1. The molecular formula is C20H38N6O4. The predicted molar refractivity (Wildman–Crippen MR) is 117 cm³/mol. The van der Waals surface area contributed by atoms with Crippen LogP contribution in [0.15, 0.2) is 11.0 Å². The molecule has 10 nitrogen and oxygen atoms in total. The Bertz CT molecular complexity index is 671. The smallest absolute Gasteiger partial charge is 0.351 e. The van der Waals surface area contributed by atoms with Gasteiger partial charge in [0.2, 0.25) is 0 Å². The molecule has 7 N–H and O–H groups in total. The van der Waals surface area contributed by atoms with Gasteiger partial charge in [-0.1, -0.05) is 0 Å². The number of hydrogen-bond donors (Lipinski definition) is 6. The highest BCUT2D eigenvalue weighted by atomic mass is 16.5. The van der Waals surface area contributed by atoms with E-state index in [9.17, 15) is 15.0 Å². The molecule has 0 aromatic carbocycles. The Balaban J connectivity index is 1.63. The lowest BCUT2D eigenvalue weighted by Gasteiger charge is -2.16. The van der Waals surface area contributed by atoms with Crippen LogP contribution in [0.1, 0.15) is 43.9 Å². The van der Waals surface area contributed by atoms with Gasteiger partial charge in [-0.2, -0.15) is 4.98 Å². The molecule has 0 bridgehead atoms. The van der Waals surface area contributed by atoms with Crippen molar-refractivity contribution in [3.05, 3.63) is 22.2 Å². The number of unbranched alkanes of at least 4 members (excludes halogenated alkanes) is 1. The van der Waals surface area contributed by atoms with Crippen LogP contribution >= 0.6 is 0 Å². The van der Waals surface area contributed by atoms with Crippen molar-refractivity contribution in [2.24, 2.45) is 5.73 Å². The zero-order valence-corrected chi connectivity index (χ0v) is 18.0. The number of anilines is 1. The minimum Gasteiger partial charge on any atom is -0.394 e. The van der Waals surface area contributed by atoms with Crippen LogP contribution in [-0.4, -0.2) is 77.8 Å². The third-order valence-corrected chi connectivity index (χ3v) is 5.17. The van der Waals surface area contributed by atoms with Crippen molar-refractivity contribution in [1.29, 1.82) is 0 Å². The van der Waals surface area contributed by atoms with E-state index < -0.39 is 24.1 Å². The molecule has 1 aliphatic heterocycles. The lowest BCUT2D eigenvalue weighted by molar-refractivity contribution is -0.0459. The highest BCUT2D eigenvalue weighted by molar-refractivity contribution is 5.41. The summed E-state index contributed by atoms with van der Waals surface area (Å²) in [6.45, 7) is 6.97. The van der Waals surface area contributed by atoms with E-state index in [1.54, 1.807) is 6.20 Å². The molecule has 1 aromatic rings. The van der Waals surface area contributed by atoms with Gasteiger partial charge in [0.05, 0.1) is 12.7 Å². The molecule has 0 amide bonds. The van der Waals surface area contributed by atoms with E-state index in [0.29, 0.717) is 5.82 Å². The van der Waals surface area contributed by atoms with E-state index in [2.05, 4.69) is 20.9 Å². The summed E-state index contributed by atoms with van der Waals surface area (Å²) in [6, 6.07) is 0. The van der Waals surface area contributed by atoms with Gasteiger partial charge in [-0.25, -0.2) is 4.79 Å². The molecule has 1 fully saturated rings. The summed E-state index contributed by atoms with van der Waals surface area (Å²) in [5.41, 5.74) is 5.85. The number of rotatable bonds is 15. The molecule has 2 heterocycles. The Hall–Kier alpha value is -1.56. The molecule has 172 valence electrons. The highest BCUT2D eigenvalue weighted by Gasteiger charge is 2.35. The van der Waals surface area contributed by atoms with Crippen molar-refractivity contribution in [2.75, 3.05) is 51.2 Å². The molecule has 1 saturated heterocycles. The second-order valence-corrected chi connectivity index (χ2v) is 7.71. The lowest BCUT2D eigenvalue weighted by Crippen LogP contribution is -2.29. The fourth-order valence-corrected chi connectivity index (χ4v) is 3.40. The number of nitrogens with one attached hydrogen (secondary N) is 3. The molecular weight excluding hydrogens is 388 g/mol. The summed E-state index contributed by atoms with van der Waals surface area (Å²) in [6.07, 6.45) is 4.12. The topological polar surface area (TPSA) is 147 Å². The van der Waals surface area contributed by atoms with E-state index >= 15 is 0 Å². The number of ether oxygens (including phenoxy) is 1. The largest absolute Gasteiger partial charge is 0.394 e. The first-order valence-corrected chi connectivity index (χ1v) is 11.0. The van der Waals surface area contributed by atoms with Crippen molar-refractivity contribution in [2.45, 2.75) is 57.5 Å². The number of aliphatic hydroxyl groups is 2. The number of aliphatic hydroxyl groups excluding tert-OH is 2. The van der Waals surface area contributed by atoms with Gasteiger partial charge in [-0.15, -0.1) is 0 Å². The van der Waals surface area contributed by atoms with Gasteiger partial charge in [-0.05, 0) is 65.3 Å². The summed E-state index contributed by atoms with van der Waals surface area (Å²) in [5.74, 6) is 0.567. The Morgan fingerprint density at radius 1 is 1.17 bits per heavy atom. The zero-order chi connectivity index (χ0) is 21.8. The van der Waals surface area contributed by atoms with Crippen LogP contribution in [0, 0.1) is 6.92 Å². The quantitative estimate of drug-likeness (QED) is 0.200. The minimum absolute atomic E-state index is 0.258. The second kappa shape index (κ2) is 13.7. The number of hydrogen-bond acceptors (Lipinski definition) is 9. The van der Waals surface area contributed by atoms with Crippen molar-refractivity contribution in [3.63, 3.8) is 0 Å². The molecule has 30 heavy (non-hydrogen) atoms. The maximum absolute atomic E-state index is 12.4. The standard InChI is InChI=1S/C20H38N6O4/c1-15-13-26(18-12-16(28)17(14-27)30-18)20(29)25-19(15)24-11-5-10-23-8-3-2-7-22-9-4-6-21/h13,16-18,22-23,27-28H,2-12,14,21H2,1H3,(H,24,25,29)/t16-,17+,18+/m0/s1. The summed E-state index contributed by atoms with van der Waals surface area (Å²) < 4.78 is 6.93. The van der Waals surface area contributed by atoms with E-state index in [1.165, 1.54) is 4.57 Å².